The van der Waals surface area contributed by atoms with E-state index in [0.717, 1.165) is 26.1 Å². The average Bonchev–Trinajstić information content (AvgIpc) is 2.85. The zero-order chi connectivity index (χ0) is 13.5. The SMILES string of the molecule is CCC1CCCN1C(CN)CC(=O)N(CC)CC. The van der Waals surface area contributed by atoms with E-state index in [9.17, 15) is 4.79 Å². The molecule has 2 N–H and O–H groups in total. The maximum absolute atomic E-state index is 12.2. The molecule has 1 aliphatic rings. The van der Waals surface area contributed by atoms with Crippen molar-refractivity contribution in [3.63, 3.8) is 0 Å². The first-order valence-electron chi connectivity index (χ1n) is 7.41. The Kier molecular flexibility index (Phi) is 6.65. The van der Waals surface area contributed by atoms with Gasteiger partial charge in [-0.2, -0.15) is 0 Å². The number of amides is 1. The monoisotopic (exact) mass is 255 g/mol. The van der Waals surface area contributed by atoms with Gasteiger partial charge in [0.25, 0.3) is 0 Å². The largest absolute Gasteiger partial charge is 0.343 e. The molecule has 0 bridgehead atoms. The minimum absolute atomic E-state index is 0.227. The lowest BCUT2D eigenvalue weighted by atomic mass is 10.1. The molecule has 0 radical (unpaired) electrons. The first kappa shape index (κ1) is 15.4. The van der Waals surface area contributed by atoms with E-state index < -0.39 is 0 Å². The third-order valence-corrected chi connectivity index (χ3v) is 4.16. The summed E-state index contributed by atoms with van der Waals surface area (Å²) in [6.45, 7) is 9.57. The van der Waals surface area contributed by atoms with Gasteiger partial charge < -0.3 is 10.6 Å². The number of hydrogen-bond donors (Lipinski definition) is 1. The summed E-state index contributed by atoms with van der Waals surface area (Å²) in [6.07, 6.45) is 4.24. The maximum atomic E-state index is 12.2. The molecule has 106 valence electrons. The van der Waals surface area contributed by atoms with Crippen molar-refractivity contribution in [1.82, 2.24) is 9.80 Å². The van der Waals surface area contributed by atoms with Crippen LogP contribution in [0.1, 0.15) is 46.5 Å². The third kappa shape index (κ3) is 3.69. The molecule has 0 spiro atoms. The number of nitrogens with two attached hydrogens (primary N) is 1. The van der Waals surface area contributed by atoms with Gasteiger partial charge in [0.1, 0.15) is 0 Å². The highest BCUT2D eigenvalue weighted by Gasteiger charge is 2.30. The molecule has 1 aliphatic heterocycles. The molecule has 0 aromatic carbocycles. The molecule has 0 aliphatic carbocycles. The van der Waals surface area contributed by atoms with Crippen LogP contribution in [0.5, 0.6) is 0 Å². The summed E-state index contributed by atoms with van der Waals surface area (Å²) >= 11 is 0. The summed E-state index contributed by atoms with van der Waals surface area (Å²) in [7, 11) is 0. The summed E-state index contributed by atoms with van der Waals surface area (Å²) in [6, 6.07) is 0.855. The van der Waals surface area contributed by atoms with Crippen molar-refractivity contribution in [1.29, 1.82) is 0 Å². The Labute approximate surface area is 111 Å². The highest BCUT2D eigenvalue weighted by atomic mass is 16.2. The summed E-state index contributed by atoms with van der Waals surface area (Å²) in [4.78, 5) is 16.5. The molecule has 4 nitrogen and oxygen atoms in total. The van der Waals surface area contributed by atoms with Crippen molar-refractivity contribution in [3.8, 4) is 0 Å². The molecule has 1 heterocycles. The van der Waals surface area contributed by atoms with Crippen LogP contribution in [0.15, 0.2) is 0 Å². The Hall–Kier alpha value is -0.610. The fourth-order valence-electron chi connectivity index (χ4n) is 3.02. The van der Waals surface area contributed by atoms with Crippen LogP contribution < -0.4 is 5.73 Å². The van der Waals surface area contributed by atoms with Gasteiger partial charge >= 0.3 is 0 Å². The maximum Gasteiger partial charge on any atom is 0.224 e. The molecule has 0 aromatic heterocycles. The van der Waals surface area contributed by atoms with Crippen molar-refractivity contribution in [2.75, 3.05) is 26.2 Å². The fourth-order valence-corrected chi connectivity index (χ4v) is 3.02. The lowest BCUT2D eigenvalue weighted by Gasteiger charge is -2.32. The Morgan fingerprint density at radius 2 is 2.06 bits per heavy atom. The van der Waals surface area contributed by atoms with Crippen molar-refractivity contribution in [2.24, 2.45) is 5.73 Å². The van der Waals surface area contributed by atoms with Gasteiger partial charge in [-0.1, -0.05) is 6.92 Å². The van der Waals surface area contributed by atoms with Crippen LogP contribution in [0.3, 0.4) is 0 Å². The van der Waals surface area contributed by atoms with E-state index >= 15 is 0 Å². The molecule has 4 heteroatoms. The molecule has 1 saturated heterocycles. The predicted octanol–water partition coefficient (Wildman–Crippen LogP) is 1.45. The molecule has 2 atom stereocenters. The third-order valence-electron chi connectivity index (χ3n) is 4.16. The topological polar surface area (TPSA) is 49.6 Å². The smallest absolute Gasteiger partial charge is 0.224 e. The fraction of sp³-hybridized carbons (Fsp3) is 0.929. The minimum atomic E-state index is 0.227. The molecule has 1 rings (SSSR count). The summed E-state index contributed by atoms with van der Waals surface area (Å²) in [5, 5.41) is 0. The van der Waals surface area contributed by atoms with Gasteiger partial charge in [0, 0.05) is 38.1 Å². The second-order valence-electron chi connectivity index (χ2n) is 5.10. The van der Waals surface area contributed by atoms with Crippen molar-refractivity contribution >= 4 is 5.91 Å². The Bertz CT molecular complexity index is 253. The van der Waals surface area contributed by atoms with Crippen LogP contribution in [-0.4, -0.2) is 54.0 Å². The number of rotatable bonds is 7. The molecule has 1 fully saturated rings. The second-order valence-corrected chi connectivity index (χ2v) is 5.10. The quantitative estimate of drug-likeness (QED) is 0.749. The number of carbonyl (C=O) groups excluding carboxylic acids is 1. The highest BCUT2D eigenvalue weighted by Crippen LogP contribution is 2.23. The Morgan fingerprint density at radius 1 is 1.39 bits per heavy atom. The van der Waals surface area contributed by atoms with Crippen LogP contribution in [0.2, 0.25) is 0 Å². The molecule has 18 heavy (non-hydrogen) atoms. The number of nitrogens with zero attached hydrogens (tertiary/aromatic N) is 2. The van der Waals surface area contributed by atoms with E-state index in [2.05, 4.69) is 11.8 Å². The number of carbonyl (C=O) groups is 1. The first-order chi connectivity index (χ1) is 8.67. The van der Waals surface area contributed by atoms with Gasteiger partial charge in [0.05, 0.1) is 0 Å². The molecule has 1 amide bonds. The molecule has 0 saturated carbocycles. The molecule has 0 aromatic rings. The standard InChI is InChI=1S/C14H29N3O/c1-4-12-8-7-9-17(12)13(11-15)10-14(18)16(5-2)6-3/h12-13H,4-11,15H2,1-3H3. The molecular weight excluding hydrogens is 226 g/mol. The van der Waals surface area contributed by atoms with Crippen molar-refractivity contribution < 1.29 is 4.79 Å². The van der Waals surface area contributed by atoms with Gasteiger partial charge in [-0.15, -0.1) is 0 Å². The lowest BCUT2D eigenvalue weighted by Crippen LogP contribution is -2.46. The van der Waals surface area contributed by atoms with Crippen LogP contribution in [0.25, 0.3) is 0 Å². The van der Waals surface area contributed by atoms with Crippen LogP contribution >= 0.6 is 0 Å². The average molecular weight is 255 g/mol. The van der Waals surface area contributed by atoms with E-state index in [1.165, 1.54) is 12.8 Å². The van der Waals surface area contributed by atoms with Crippen LogP contribution in [0.4, 0.5) is 0 Å². The van der Waals surface area contributed by atoms with E-state index in [1.807, 2.05) is 18.7 Å². The van der Waals surface area contributed by atoms with Crippen LogP contribution in [-0.2, 0) is 4.79 Å². The lowest BCUT2D eigenvalue weighted by molar-refractivity contribution is -0.132. The Morgan fingerprint density at radius 3 is 2.56 bits per heavy atom. The zero-order valence-electron chi connectivity index (χ0n) is 12.2. The van der Waals surface area contributed by atoms with E-state index in [0.29, 0.717) is 19.0 Å². The van der Waals surface area contributed by atoms with Crippen molar-refractivity contribution in [3.05, 3.63) is 0 Å². The summed E-state index contributed by atoms with van der Waals surface area (Å²) < 4.78 is 0. The highest BCUT2D eigenvalue weighted by molar-refractivity contribution is 5.76. The Balaban J connectivity index is 2.58. The summed E-state index contributed by atoms with van der Waals surface area (Å²) in [5.41, 5.74) is 5.89. The van der Waals surface area contributed by atoms with E-state index in [1.54, 1.807) is 0 Å². The number of likely N-dealkylation sites (tertiary alicyclic amines) is 1. The summed E-state index contributed by atoms with van der Waals surface area (Å²) in [5.74, 6) is 0.247. The molecular formula is C14H29N3O. The zero-order valence-corrected chi connectivity index (χ0v) is 12.2. The second kappa shape index (κ2) is 7.74. The van der Waals surface area contributed by atoms with Gasteiger partial charge in [0.15, 0.2) is 0 Å². The first-order valence-corrected chi connectivity index (χ1v) is 7.41. The van der Waals surface area contributed by atoms with Gasteiger partial charge in [-0.25, -0.2) is 0 Å². The minimum Gasteiger partial charge on any atom is -0.343 e. The van der Waals surface area contributed by atoms with E-state index in [4.69, 9.17) is 5.73 Å². The van der Waals surface area contributed by atoms with Gasteiger partial charge in [-0.3, -0.25) is 9.69 Å². The van der Waals surface area contributed by atoms with Gasteiger partial charge in [0.2, 0.25) is 5.91 Å². The molecule has 2 unspecified atom stereocenters. The van der Waals surface area contributed by atoms with E-state index in [-0.39, 0.29) is 11.9 Å². The predicted molar refractivity (Wildman–Crippen MR) is 75.4 cm³/mol. The van der Waals surface area contributed by atoms with Crippen molar-refractivity contribution in [2.45, 2.75) is 58.5 Å². The normalized spacial score (nSPS) is 22.1. The number of hydrogen-bond acceptors (Lipinski definition) is 3. The van der Waals surface area contributed by atoms with Gasteiger partial charge in [-0.05, 0) is 39.7 Å². The van der Waals surface area contributed by atoms with Crippen LogP contribution in [0, 0.1) is 0 Å².